The number of nitrogens with zero attached hydrogens (tertiary/aromatic N) is 3. The van der Waals surface area contributed by atoms with Gasteiger partial charge in [0.25, 0.3) is 0 Å². The van der Waals surface area contributed by atoms with Crippen LogP contribution in [0, 0.1) is 0 Å². The molecule has 4 rings (SSSR count). The average molecular weight is 410 g/mol. The number of ether oxygens (including phenoxy) is 2. The fourth-order valence-electron chi connectivity index (χ4n) is 3.58. The van der Waals surface area contributed by atoms with Crippen LogP contribution in [0.25, 0.3) is 10.9 Å². The highest BCUT2D eigenvalue weighted by Crippen LogP contribution is 2.38. The van der Waals surface area contributed by atoms with Crippen LogP contribution in [0.3, 0.4) is 0 Å². The Balaban J connectivity index is 1.76. The van der Waals surface area contributed by atoms with E-state index in [1.54, 1.807) is 14.2 Å². The lowest BCUT2D eigenvalue weighted by Crippen LogP contribution is -2.24. The largest absolute Gasteiger partial charge is 0.497 e. The van der Waals surface area contributed by atoms with Crippen LogP contribution in [0.15, 0.2) is 53.6 Å². The number of carbonyl (C=O) groups is 1. The second-order valence-corrected chi connectivity index (χ2v) is 7.12. The van der Waals surface area contributed by atoms with Gasteiger partial charge < -0.3 is 9.47 Å². The van der Waals surface area contributed by atoms with E-state index < -0.39 is 0 Å². The number of benzene rings is 2. The molecule has 1 aliphatic heterocycles. The highest BCUT2D eigenvalue weighted by Gasteiger charge is 2.33. The van der Waals surface area contributed by atoms with Crippen molar-refractivity contribution in [3.8, 4) is 11.5 Å². The van der Waals surface area contributed by atoms with Crippen molar-refractivity contribution in [2.75, 3.05) is 14.2 Å². The first-order valence-electron chi connectivity index (χ1n) is 9.16. The predicted octanol–water partition coefficient (Wildman–Crippen LogP) is 4.60. The molecular formula is C22H20ClN3O3. The zero-order valence-corrected chi connectivity index (χ0v) is 17.1. The minimum absolute atomic E-state index is 0.158. The third kappa shape index (κ3) is 3.51. The number of methoxy groups -OCH3 is 2. The van der Waals surface area contributed by atoms with Crippen LogP contribution in [0.1, 0.15) is 30.5 Å². The summed E-state index contributed by atoms with van der Waals surface area (Å²) >= 11 is 6.55. The van der Waals surface area contributed by atoms with Gasteiger partial charge in [0.05, 0.1) is 26.0 Å². The minimum atomic E-state index is -0.329. The van der Waals surface area contributed by atoms with Crippen LogP contribution < -0.4 is 9.47 Å². The molecule has 0 N–H and O–H groups in total. The molecule has 0 aliphatic carbocycles. The van der Waals surface area contributed by atoms with Gasteiger partial charge in [0, 0.05) is 29.9 Å². The van der Waals surface area contributed by atoms with Crippen molar-refractivity contribution in [3.63, 3.8) is 0 Å². The quantitative estimate of drug-likeness (QED) is 0.590. The maximum absolute atomic E-state index is 12.3. The van der Waals surface area contributed by atoms with Gasteiger partial charge in [-0.2, -0.15) is 5.10 Å². The Kier molecular flexibility index (Phi) is 5.11. The molecule has 1 atom stereocenters. The van der Waals surface area contributed by atoms with Crippen molar-refractivity contribution in [2.24, 2.45) is 5.10 Å². The van der Waals surface area contributed by atoms with Crippen molar-refractivity contribution in [1.82, 2.24) is 9.99 Å². The number of hydrazone groups is 1. The molecule has 29 heavy (non-hydrogen) atoms. The van der Waals surface area contributed by atoms with E-state index in [9.17, 15) is 4.79 Å². The molecule has 1 amide bonds. The molecule has 0 fully saturated rings. The van der Waals surface area contributed by atoms with E-state index in [0.29, 0.717) is 22.8 Å². The van der Waals surface area contributed by atoms with Gasteiger partial charge in [0.1, 0.15) is 22.2 Å². The third-order valence-corrected chi connectivity index (χ3v) is 5.31. The van der Waals surface area contributed by atoms with Crippen molar-refractivity contribution in [3.05, 3.63) is 64.8 Å². The third-order valence-electron chi connectivity index (χ3n) is 5.00. The molecule has 0 saturated carbocycles. The summed E-state index contributed by atoms with van der Waals surface area (Å²) < 4.78 is 10.7. The zero-order chi connectivity index (χ0) is 20.5. The van der Waals surface area contributed by atoms with Crippen molar-refractivity contribution < 1.29 is 14.3 Å². The lowest BCUT2D eigenvalue weighted by atomic mass is 9.98. The molecule has 1 unspecified atom stereocenters. The molecule has 6 nitrogen and oxygen atoms in total. The van der Waals surface area contributed by atoms with Crippen molar-refractivity contribution in [2.45, 2.75) is 19.4 Å². The van der Waals surface area contributed by atoms with E-state index >= 15 is 0 Å². The van der Waals surface area contributed by atoms with Crippen LogP contribution >= 0.6 is 11.6 Å². The van der Waals surface area contributed by atoms with Crippen LogP contribution in [-0.2, 0) is 4.79 Å². The second kappa shape index (κ2) is 7.72. The van der Waals surface area contributed by atoms with Crippen LogP contribution in [0.2, 0.25) is 5.15 Å². The zero-order valence-electron chi connectivity index (χ0n) is 16.3. The van der Waals surface area contributed by atoms with Crippen LogP contribution in [0.4, 0.5) is 0 Å². The maximum atomic E-state index is 12.3. The monoisotopic (exact) mass is 409 g/mol. The molecule has 148 valence electrons. The van der Waals surface area contributed by atoms with Gasteiger partial charge in [-0.05, 0) is 24.3 Å². The number of para-hydroxylation sites is 1. The molecular weight excluding hydrogens is 390 g/mol. The number of fused-ring (bicyclic) bond motifs is 1. The summed E-state index contributed by atoms with van der Waals surface area (Å²) in [5.41, 5.74) is 3.14. The Bertz CT molecular complexity index is 1130. The summed E-state index contributed by atoms with van der Waals surface area (Å²) in [6.45, 7) is 1.50. The lowest BCUT2D eigenvalue weighted by molar-refractivity contribution is -0.130. The number of hydrogen-bond acceptors (Lipinski definition) is 5. The molecule has 0 saturated heterocycles. The SMILES string of the molecule is COc1cccc(C2=NN(C(C)=O)C(c3cc4cccc(OC)c4nc3Cl)C2)c1. The first-order chi connectivity index (χ1) is 14.0. The maximum Gasteiger partial charge on any atom is 0.240 e. The van der Waals surface area contributed by atoms with Gasteiger partial charge in [0.15, 0.2) is 0 Å². The first-order valence-corrected chi connectivity index (χ1v) is 9.54. The minimum Gasteiger partial charge on any atom is -0.497 e. The second-order valence-electron chi connectivity index (χ2n) is 6.76. The van der Waals surface area contributed by atoms with E-state index in [4.69, 9.17) is 21.1 Å². The molecule has 0 radical (unpaired) electrons. The Morgan fingerprint density at radius 2 is 1.93 bits per heavy atom. The fraction of sp³-hybridized carbons (Fsp3) is 0.227. The molecule has 2 heterocycles. The van der Waals surface area contributed by atoms with Crippen LogP contribution in [0.5, 0.6) is 11.5 Å². The Labute approximate surface area is 173 Å². The summed E-state index contributed by atoms with van der Waals surface area (Å²) in [6, 6.07) is 14.9. The van der Waals surface area contributed by atoms with E-state index in [1.165, 1.54) is 11.9 Å². The van der Waals surface area contributed by atoms with E-state index in [2.05, 4.69) is 10.1 Å². The highest BCUT2D eigenvalue weighted by molar-refractivity contribution is 6.30. The Hall–Kier alpha value is -3.12. The average Bonchev–Trinajstić information content (AvgIpc) is 3.18. The predicted molar refractivity (Wildman–Crippen MR) is 113 cm³/mol. The van der Waals surface area contributed by atoms with Gasteiger partial charge in [-0.15, -0.1) is 0 Å². The Morgan fingerprint density at radius 1 is 1.14 bits per heavy atom. The van der Waals surface area contributed by atoms with Gasteiger partial charge in [-0.25, -0.2) is 9.99 Å². The Morgan fingerprint density at radius 3 is 2.66 bits per heavy atom. The number of rotatable bonds is 4. The normalized spacial score (nSPS) is 16.1. The van der Waals surface area contributed by atoms with Crippen molar-refractivity contribution in [1.29, 1.82) is 0 Å². The summed E-state index contributed by atoms with van der Waals surface area (Å²) in [6.07, 6.45) is 0.531. The number of aromatic nitrogens is 1. The number of hydrogen-bond donors (Lipinski definition) is 0. The number of halogens is 1. The molecule has 0 bridgehead atoms. The summed E-state index contributed by atoms with van der Waals surface area (Å²) in [4.78, 5) is 16.9. The molecule has 0 spiro atoms. The van der Waals surface area contributed by atoms with Gasteiger partial charge in [0.2, 0.25) is 5.91 Å². The summed E-state index contributed by atoms with van der Waals surface area (Å²) in [5.74, 6) is 1.23. The van der Waals surface area contributed by atoms with E-state index in [1.807, 2.05) is 48.5 Å². The van der Waals surface area contributed by atoms with E-state index in [-0.39, 0.29) is 11.9 Å². The number of carbonyl (C=O) groups excluding carboxylic acids is 1. The van der Waals surface area contributed by atoms with E-state index in [0.717, 1.165) is 28.0 Å². The standard InChI is InChI=1S/C22H20ClN3O3/c1-13(27)26-19(12-18(25-26)14-6-4-8-16(10-14)28-2)17-11-15-7-5-9-20(29-3)21(15)24-22(17)23/h4-11,19H,12H2,1-3H3. The molecule has 7 heteroatoms. The topological polar surface area (TPSA) is 64.0 Å². The summed E-state index contributed by atoms with van der Waals surface area (Å²) in [7, 11) is 3.22. The molecule has 2 aromatic carbocycles. The van der Waals surface area contributed by atoms with Crippen molar-refractivity contribution >= 4 is 34.1 Å². The van der Waals surface area contributed by atoms with Gasteiger partial charge in [-0.3, -0.25) is 4.79 Å². The van der Waals surface area contributed by atoms with Gasteiger partial charge in [-0.1, -0.05) is 35.9 Å². The number of amides is 1. The van der Waals surface area contributed by atoms with Gasteiger partial charge >= 0.3 is 0 Å². The first kappa shape index (κ1) is 19.2. The summed E-state index contributed by atoms with van der Waals surface area (Å²) in [5, 5.41) is 7.28. The molecule has 1 aromatic heterocycles. The smallest absolute Gasteiger partial charge is 0.240 e. The molecule has 1 aliphatic rings. The highest BCUT2D eigenvalue weighted by atomic mass is 35.5. The lowest BCUT2D eigenvalue weighted by Gasteiger charge is -2.21. The number of pyridine rings is 1. The van der Waals surface area contributed by atoms with Crippen LogP contribution in [-0.4, -0.2) is 35.8 Å². The molecule has 3 aromatic rings. The fourth-order valence-corrected chi connectivity index (χ4v) is 3.85.